The summed E-state index contributed by atoms with van der Waals surface area (Å²) in [4.78, 5) is 27.2. The summed E-state index contributed by atoms with van der Waals surface area (Å²) >= 11 is 0. The van der Waals surface area contributed by atoms with Gasteiger partial charge in [-0.3, -0.25) is 9.59 Å². The van der Waals surface area contributed by atoms with E-state index in [-0.39, 0.29) is 41.6 Å². The van der Waals surface area contributed by atoms with Crippen molar-refractivity contribution >= 4 is 21.7 Å². The molecule has 0 spiro atoms. The molecule has 0 aliphatic carbocycles. The monoisotopic (exact) mass is 498 g/mol. The van der Waals surface area contributed by atoms with E-state index in [0.29, 0.717) is 38.2 Å². The zero-order valence-electron chi connectivity index (χ0n) is 19.8. The van der Waals surface area contributed by atoms with Crippen LogP contribution in [0.15, 0.2) is 47.4 Å². The molecule has 3 aliphatic rings. The van der Waals surface area contributed by atoms with Gasteiger partial charge in [0.1, 0.15) is 13.2 Å². The van der Waals surface area contributed by atoms with Crippen molar-refractivity contribution < 1.29 is 27.5 Å². The molecule has 2 fully saturated rings. The number of ether oxygens (including phenoxy) is 2. The maximum atomic E-state index is 13.5. The number of carbonyl (C=O) groups excluding carboxylic acids is 2. The minimum Gasteiger partial charge on any atom is -0.486 e. The quantitative estimate of drug-likeness (QED) is 0.587. The van der Waals surface area contributed by atoms with E-state index < -0.39 is 10.0 Å². The van der Waals surface area contributed by atoms with Crippen molar-refractivity contribution in [3.05, 3.63) is 53.6 Å². The molecular weight excluding hydrogens is 468 g/mol. The SMILES string of the molecule is CC(=O)c1cccc(S(=O)(=O)N2CCC(C(=O)N3CCCC3c3ccc4c(c3)OCCO4)CC2)c1. The number of Topliss-reactive ketones (excluding diaryl/α,β-unsaturated/α-hetero) is 1. The second-order valence-electron chi connectivity index (χ2n) is 9.36. The molecule has 2 aromatic rings. The first-order chi connectivity index (χ1) is 16.8. The number of rotatable bonds is 5. The lowest BCUT2D eigenvalue weighted by molar-refractivity contribution is -0.137. The average molecular weight is 499 g/mol. The summed E-state index contributed by atoms with van der Waals surface area (Å²) in [6, 6.07) is 12.0. The van der Waals surface area contributed by atoms with Crippen molar-refractivity contribution in [1.29, 1.82) is 0 Å². The molecule has 2 saturated heterocycles. The summed E-state index contributed by atoms with van der Waals surface area (Å²) in [7, 11) is -3.72. The van der Waals surface area contributed by atoms with E-state index in [9.17, 15) is 18.0 Å². The Balaban J connectivity index is 1.26. The van der Waals surface area contributed by atoms with Gasteiger partial charge in [-0.15, -0.1) is 0 Å². The molecule has 3 aliphatic heterocycles. The lowest BCUT2D eigenvalue weighted by atomic mass is 9.95. The number of nitrogens with zero attached hydrogens (tertiary/aromatic N) is 2. The minimum atomic E-state index is -3.72. The van der Waals surface area contributed by atoms with Gasteiger partial charge in [0.05, 0.1) is 10.9 Å². The number of hydrogen-bond donors (Lipinski definition) is 0. The minimum absolute atomic E-state index is 0.00518. The Morgan fingerprint density at radius 3 is 2.40 bits per heavy atom. The molecule has 35 heavy (non-hydrogen) atoms. The number of ketones is 1. The van der Waals surface area contributed by atoms with E-state index in [2.05, 4.69) is 0 Å². The summed E-state index contributed by atoms with van der Waals surface area (Å²) in [5.41, 5.74) is 1.42. The first-order valence-corrected chi connectivity index (χ1v) is 13.6. The first-order valence-electron chi connectivity index (χ1n) is 12.2. The number of piperidine rings is 1. The highest BCUT2D eigenvalue weighted by atomic mass is 32.2. The molecule has 1 atom stereocenters. The first kappa shape index (κ1) is 23.8. The Labute approximate surface area is 205 Å². The molecule has 0 saturated carbocycles. The highest BCUT2D eigenvalue weighted by molar-refractivity contribution is 7.89. The van der Waals surface area contributed by atoms with Crippen LogP contribution in [-0.2, 0) is 14.8 Å². The Morgan fingerprint density at radius 1 is 0.914 bits per heavy atom. The van der Waals surface area contributed by atoms with E-state index >= 15 is 0 Å². The number of fused-ring (bicyclic) bond motifs is 1. The van der Waals surface area contributed by atoms with Crippen molar-refractivity contribution in [2.45, 2.75) is 43.5 Å². The van der Waals surface area contributed by atoms with Gasteiger partial charge < -0.3 is 14.4 Å². The third kappa shape index (κ3) is 4.67. The summed E-state index contributed by atoms with van der Waals surface area (Å²) < 4.78 is 39.1. The van der Waals surface area contributed by atoms with Crippen LogP contribution in [0.2, 0.25) is 0 Å². The van der Waals surface area contributed by atoms with E-state index in [1.54, 1.807) is 12.1 Å². The maximum absolute atomic E-state index is 13.5. The molecule has 1 unspecified atom stereocenters. The van der Waals surface area contributed by atoms with Gasteiger partial charge in [-0.2, -0.15) is 4.31 Å². The Hall–Kier alpha value is -2.91. The molecular formula is C26H30N2O6S. The number of carbonyl (C=O) groups is 2. The Morgan fingerprint density at radius 2 is 1.66 bits per heavy atom. The highest BCUT2D eigenvalue weighted by Crippen LogP contribution is 2.39. The van der Waals surface area contributed by atoms with E-state index in [4.69, 9.17) is 9.47 Å². The highest BCUT2D eigenvalue weighted by Gasteiger charge is 2.38. The fourth-order valence-corrected chi connectivity index (χ4v) is 6.76. The van der Waals surface area contributed by atoms with Crippen molar-refractivity contribution in [1.82, 2.24) is 9.21 Å². The van der Waals surface area contributed by atoms with Gasteiger partial charge in [-0.25, -0.2) is 8.42 Å². The van der Waals surface area contributed by atoms with Crippen molar-refractivity contribution in [2.24, 2.45) is 5.92 Å². The summed E-state index contributed by atoms with van der Waals surface area (Å²) in [6.07, 6.45) is 2.79. The zero-order valence-corrected chi connectivity index (χ0v) is 20.6. The largest absolute Gasteiger partial charge is 0.486 e. The zero-order chi connectivity index (χ0) is 24.6. The molecule has 2 aromatic carbocycles. The van der Waals surface area contributed by atoms with Gasteiger partial charge in [-0.05, 0) is 62.4 Å². The van der Waals surface area contributed by atoms with Gasteiger partial charge >= 0.3 is 0 Å². The van der Waals surface area contributed by atoms with Gasteiger partial charge in [0.15, 0.2) is 17.3 Å². The second kappa shape index (κ2) is 9.62. The number of sulfonamides is 1. The van der Waals surface area contributed by atoms with Crippen LogP contribution in [0.4, 0.5) is 0 Å². The van der Waals surface area contributed by atoms with E-state index in [1.165, 1.54) is 23.4 Å². The predicted octanol–water partition coefficient (Wildman–Crippen LogP) is 3.42. The van der Waals surface area contributed by atoms with Gasteiger partial charge in [0.2, 0.25) is 15.9 Å². The average Bonchev–Trinajstić information content (AvgIpc) is 3.38. The van der Waals surface area contributed by atoms with Gasteiger partial charge in [0.25, 0.3) is 0 Å². The van der Waals surface area contributed by atoms with Crippen LogP contribution in [0.1, 0.15) is 54.6 Å². The van der Waals surface area contributed by atoms with Crippen molar-refractivity contribution in [2.75, 3.05) is 32.8 Å². The molecule has 8 nitrogen and oxygen atoms in total. The maximum Gasteiger partial charge on any atom is 0.243 e. The van der Waals surface area contributed by atoms with E-state index in [1.807, 2.05) is 23.1 Å². The van der Waals surface area contributed by atoms with Crippen LogP contribution in [0.3, 0.4) is 0 Å². The number of benzene rings is 2. The van der Waals surface area contributed by atoms with E-state index in [0.717, 1.165) is 29.9 Å². The number of amides is 1. The van der Waals surface area contributed by atoms with Gasteiger partial charge in [-0.1, -0.05) is 18.2 Å². The van der Waals surface area contributed by atoms with Crippen LogP contribution >= 0.6 is 0 Å². The third-order valence-corrected chi connectivity index (χ3v) is 9.06. The Kier molecular flexibility index (Phi) is 6.55. The molecule has 0 aromatic heterocycles. The smallest absolute Gasteiger partial charge is 0.243 e. The van der Waals surface area contributed by atoms with Crippen LogP contribution in [0, 0.1) is 5.92 Å². The molecule has 3 heterocycles. The lowest BCUT2D eigenvalue weighted by Crippen LogP contribution is -2.44. The van der Waals surface area contributed by atoms with Gasteiger partial charge in [0, 0.05) is 31.1 Å². The number of likely N-dealkylation sites (tertiary alicyclic amines) is 1. The molecule has 0 N–H and O–H groups in total. The molecule has 1 amide bonds. The van der Waals surface area contributed by atoms with Crippen LogP contribution in [0.25, 0.3) is 0 Å². The fourth-order valence-electron chi connectivity index (χ4n) is 5.25. The topological polar surface area (TPSA) is 93.2 Å². The number of hydrogen-bond acceptors (Lipinski definition) is 6. The summed E-state index contributed by atoms with van der Waals surface area (Å²) in [6.45, 7) is 3.74. The molecule has 186 valence electrons. The van der Waals surface area contributed by atoms with Crippen molar-refractivity contribution in [3.63, 3.8) is 0 Å². The third-order valence-electron chi connectivity index (χ3n) is 7.17. The van der Waals surface area contributed by atoms with Crippen molar-refractivity contribution in [3.8, 4) is 11.5 Å². The second-order valence-corrected chi connectivity index (χ2v) is 11.3. The summed E-state index contributed by atoms with van der Waals surface area (Å²) in [5.74, 6) is 1.17. The Bertz CT molecular complexity index is 1240. The molecule has 5 rings (SSSR count). The predicted molar refractivity (Wildman–Crippen MR) is 129 cm³/mol. The van der Waals surface area contributed by atoms with Crippen LogP contribution in [-0.4, -0.2) is 62.2 Å². The summed E-state index contributed by atoms with van der Waals surface area (Å²) in [5, 5.41) is 0. The molecule has 0 bridgehead atoms. The van der Waals surface area contributed by atoms with Crippen LogP contribution in [0.5, 0.6) is 11.5 Å². The molecule has 9 heteroatoms. The van der Waals surface area contributed by atoms with Crippen LogP contribution < -0.4 is 9.47 Å². The fraction of sp³-hybridized carbons (Fsp3) is 0.462. The molecule has 0 radical (unpaired) electrons. The lowest BCUT2D eigenvalue weighted by Gasteiger charge is -2.34. The standard InChI is InChI=1S/C26H30N2O6S/c1-18(29)20-4-2-5-22(16-20)35(31,32)27-12-9-19(10-13-27)26(30)28-11-3-6-23(28)21-7-8-24-25(17-21)34-15-14-33-24/h2,4-5,7-8,16-17,19,23H,3,6,9-15H2,1H3. The normalized spacial score (nSPS) is 21.2.